The van der Waals surface area contributed by atoms with Gasteiger partial charge in [0.1, 0.15) is 6.04 Å². The third kappa shape index (κ3) is 3.60. The minimum absolute atomic E-state index is 0.00812. The van der Waals surface area contributed by atoms with E-state index in [9.17, 15) is 9.59 Å². The molecule has 1 unspecified atom stereocenters. The molecule has 0 saturated carbocycles. The summed E-state index contributed by atoms with van der Waals surface area (Å²) in [5.74, 6) is 0.0566. The Hall–Kier alpha value is -1.36. The number of hydrogen-bond acceptors (Lipinski definition) is 2. The van der Waals surface area contributed by atoms with Crippen molar-refractivity contribution in [3.63, 3.8) is 0 Å². The highest BCUT2D eigenvalue weighted by molar-refractivity contribution is 9.10. The van der Waals surface area contributed by atoms with E-state index >= 15 is 0 Å². The van der Waals surface area contributed by atoms with Crippen molar-refractivity contribution in [3.05, 3.63) is 34.3 Å². The zero-order valence-electron chi connectivity index (χ0n) is 11.7. The van der Waals surface area contributed by atoms with Gasteiger partial charge in [-0.05, 0) is 23.6 Å². The smallest absolute Gasteiger partial charge is 0.245 e. The quantitative estimate of drug-likeness (QED) is 0.919. The predicted molar refractivity (Wildman–Crippen MR) is 80.9 cm³/mol. The summed E-state index contributed by atoms with van der Waals surface area (Å²) >= 11 is 3.40. The molecule has 0 aromatic heterocycles. The Labute approximate surface area is 127 Å². The van der Waals surface area contributed by atoms with E-state index in [1.165, 1.54) is 0 Å². The van der Waals surface area contributed by atoms with Crippen LogP contribution in [0, 0.1) is 5.92 Å². The average Bonchev–Trinajstić information content (AvgIpc) is 2.54. The standard InChI is InChI=1S/C15H19BrN2O2/c1-10(2)14-15(20)18(8-7-13(19)17-14)9-11-3-5-12(16)6-4-11/h3-6,10,14H,7-9H2,1-2H3,(H,17,19). The van der Waals surface area contributed by atoms with Crippen LogP contribution in [0.4, 0.5) is 0 Å². The van der Waals surface area contributed by atoms with Gasteiger partial charge in [-0.25, -0.2) is 0 Å². The molecule has 2 rings (SSSR count). The first kappa shape index (κ1) is 15.0. The van der Waals surface area contributed by atoms with Gasteiger partial charge in [-0.15, -0.1) is 0 Å². The number of hydrogen-bond donors (Lipinski definition) is 1. The summed E-state index contributed by atoms with van der Waals surface area (Å²) in [5, 5.41) is 2.82. The number of nitrogens with one attached hydrogen (secondary N) is 1. The van der Waals surface area contributed by atoms with Crippen molar-refractivity contribution in [1.82, 2.24) is 10.2 Å². The van der Waals surface area contributed by atoms with Crippen LogP contribution in [0.1, 0.15) is 25.8 Å². The number of rotatable bonds is 3. The lowest BCUT2D eigenvalue weighted by atomic mass is 10.0. The SMILES string of the molecule is CC(C)C1NC(=O)CCN(Cc2ccc(Br)cc2)C1=O. The van der Waals surface area contributed by atoms with Crippen LogP contribution in [0.25, 0.3) is 0 Å². The number of nitrogens with zero attached hydrogens (tertiary/aromatic N) is 1. The predicted octanol–water partition coefficient (Wildman–Crippen LogP) is 2.32. The van der Waals surface area contributed by atoms with E-state index in [1.54, 1.807) is 4.90 Å². The summed E-state index contributed by atoms with van der Waals surface area (Å²) in [6, 6.07) is 7.48. The molecular formula is C15H19BrN2O2. The minimum atomic E-state index is -0.416. The third-order valence-corrected chi connectivity index (χ3v) is 3.99. The molecule has 5 heteroatoms. The van der Waals surface area contributed by atoms with Gasteiger partial charge in [0.2, 0.25) is 11.8 Å². The Morgan fingerprint density at radius 1 is 1.30 bits per heavy atom. The lowest BCUT2D eigenvalue weighted by molar-refractivity contribution is -0.135. The fourth-order valence-electron chi connectivity index (χ4n) is 2.27. The maximum atomic E-state index is 12.5. The topological polar surface area (TPSA) is 49.4 Å². The van der Waals surface area contributed by atoms with Crippen LogP contribution in [-0.2, 0) is 16.1 Å². The Balaban J connectivity index is 2.14. The van der Waals surface area contributed by atoms with Gasteiger partial charge in [0.05, 0.1) is 0 Å². The summed E-state index contributed by atoms with van der Waals surface area (Å²) in [6.07, 6.45) is 0.367. The first-order valence-electron chi connectivity index (χ1n) is 6.80. The second kappa shape index (κ2) is 6.39. The van der Waals surface area contributed by atoms with Crippen molar-refractivity contribution < 1.29 is 9.59 Å². The third-order valence-electron chi connectivity index (χ3n) is 3.46. The normalized spacial score (nSPS) is 20.0. The molecule has 0 bridgehead atoms. The van der Waals surface area contributed by atoms with Crippen molar-refractivity contribution >= 4 is 27.7 Å². The highest BCUT2D eigenvalue weighted by atomic mass is 79.9. The molecule has 108 valence electrons. The molecule has 1 aliphatic rings. The molecule has 1 N–H and O–H groups in total. The first-order valence-corrected chi connectivity index (χ1v) is 7.59. The molecule has 0 aliphatic carbocycles. The Bertz CT molecular complexity index is 499. The molecule has 1 aliphatic heterocycles. The van der Waals surface area contributed by atoms with E-state index in [4.69, 9.17) is 0 Å². The van der Waals surface area contributed by atoms with Crippen LogP contribution in [0.15, 0.2) is 28.7 Å². The summed E-state index contributed by atoms with van der Waals surface area (Å²) in [6.45, 7) is 4.92. The lowest BCUT2D eigenvalue weighted by Crippen LogP contribution is -2.47. The highest BCUT2D eigenvalue weighted by Gasteiger charge is 2.31. The zero-order chi connectivity index (χ0) is 14.7. The van der Waals surface area contributed by atoms with Gasteiger partial charge in [0.25, 0.3) is 0 Å². The molecule has 1 fully saturated rings. The highest BCUT2D eigenvalue weighted by Crippen LogP contribution is 2.16. The van der Waals surface area contributed by atoms with Gasteiger partial charge in [-0.1, -0.05) is 41.9 Å². The fourth-order valence-corrected chi connectivity index (χ4v) is 2.53. The van der Waals surface area contributed by atoms with Gasteiger partial charge in [-0.2, -0.15) is 0 Å². The lowest BCUT2D eigenvalue weighted by Gasteiger charge is -2.26. The largest absolute Gasteiger partial charge is 0.344 e. The van der Waals surface area contributed by atoms with Crippen LogP contribution >= 0.6 is 15.9 Å². The van der Waals surface area contributed by atoms with Crippen LogP contribution in [0.5, 0.6) is 0 Å². The van der Waals surface area contributed by atoms with E-state index in [1.807, 2.05) is 38.1 Å². The zero-order valence-corrected chi connectivity index (χ0v) is 13.3. The van der Waals surface area contributed by atoms with E-state index in [0.717, 1.165) is 10.0 Å². The average molecular weight is 339 g/mol. The van der Waals surface area contributed by atoms with Crippen molar-refractivity contribution in [3.8, 4) is 0 Å². The van der Waals surface area contributed by atoms with Gasteiger partial charge in [0.15, 0.2) is 0 Å². The molecule has 0 radical (unpaired) electrons. The van der Waals surface area contributed by atoms with Gasteiger partial charge in [0, 0.05) is 24.0 Å². The van der Waals surface area contributed by atoms with Gasteiger partial charge >= 0.3 is 0 Å². The number of halogens is 1. The van der Waals surface area contributed by atoms with Crippen molar-refractivity contribution in [2.45, 2.75) is 32.9 Å². The van der Waals surface area contributed by atoms with Crippen molar-refractivity contribution in [2.24, 2.45) is 5.92 Å². The van der Waals surface area contributed by atoms with Crippen molar-refractivity contribution in [1.29, 1.82) is 0 Å². The van der Waals surface area contributed by atoms with Crippen LogP contribution in [0.2, 0.25) is 0 Å². The van der Waals surface area contributed by atoms with E-state index in [2.05, 4.69) is 21.2 Å². The van der Waals surface area contributed by atoms with E-state index in [-0.39, 0.29) is 17.7 Å². The molecule has 1 saturated heterocycles. The number of amides is 2. The summed E-state index contributed by atoms with van der Waals surface area (Å²) < 4.78 is 1.01. The number of carbonyl (C=O) groups excluding carboxylic acids is 2. The molecular weight excluding hydrogens is 320 g/mol. The molecule has 0 spiro atoms. The van der Waals surface area contributed by atoms with Crippen LogP contribution in [0.3, 0.4) is 0 Å². The second-order valence-corrected chi connectivity index (χ2v) is 6.34. The van der Waals surface area contributed by atoms with E-state index < -0.39 is 6.04 Å². The Morgan fingerprint density at radius 3 is 2.55 bits per heavy atom. The Kier molecular flexibility index (Phi) is 4.81. The molecule has 4 nitrogen and oxygen atoms in total. The minimum Gasteiger partial charge on any atom is -0.344 e. The molecule has 1 atom stereocenters. The van der Waals surface area contributed by atoms with Gasteiger partial charge in [-0.3, -0.25) is 9.59 Å². The van der Waals surface area contributed by atoms with Gasteiger partial charge < -0.3 is 10.2 Å². The van der Waals surface area contributed by atoms with Crippen LogP contribution < -0.4 is 5.32 Å². The van der Waals surface area contributed by atoms with E-state index in [0.29, 0.717) is 19.5 Å². The monoisotopic (exact) mass is 338 g/mol. The summed E-state index contributed by atoms with van der Waals surface area (Å²) in [4.78, 5) is 26.0. The molecule has 1 aromatic rings. The Morgan fingerprint density at radius 2 is 1.95 bits per heavy atom. The van der Waals surface area contributed by atoms with Crippen LogP contribution in [-0.4, -0.2) is 29.3 Å². The maximum absolute atomic E-state index is 12.5. The molecule has 1 heterocycles. The fraction of sp³-hybridized carbons (Fsp3) is 0.467. The van der Waals surface area contributed by atoms with Crippen molar-refractivity contribution in [2.75, 3.05) is 6.54 Å². The maximum Gasteiger partial charge on any atom is 0.245 e. The molecule has 2 amide bonds. The number of carbonyl (C=O) groups is 2. The first-order chi connectivity index (χ1) is 9.47. The summed E-state index contributed by atoms with van der Waals surface area (Å²) in [5.41, 5.74) is 1.07. The molecule has 20 heavy (non-hydrogen) atoms. The number of benzene rings is 1. The molecule has 1 aromatic carbocycles. The second-order valence-electron chi connectivity index (χ2n) is 5.43. The summed E-state index contributed by atoms with van der Waals surface area (Å²) in [7, 11) is 0.